The normalized spacial score (nSPS) is 23.2. The second kappa shape index (κ2) is 5.10. The van der Waals surface area contributed by atoms with Crippen molar-refractivity contribution in [2.45, 2.75) is 27.2 Å². The molecule has 1 fully saturated rings. The highest BCUT2D eigenvalue weighted by Gasteiger charge is 2.35. The van der Waals surface area contributed by atoms with Gasteiger partial charge in [-0.25, -0.2) is 0 Å². The van der Waals surface area contributed by atoms with Crippen molar-refractivity contribution in [3.05, 3.63) is 28.8 Å². The predicted molar refractivity (Wildman–Crippen MR) is 77.4 cm³/mol. The lowest BCUT2D eigenvalue weighted by atomic mass is 9.73. The monoisotopic (exact) mass is 267 g/mol. The van der Waals surface area contributed by atoms with Crippen LogP contribution in [0.25, 0.3) is 0 Å². The molecule has 1 aliphatic heterocycles. The van der Waals surface area contributed by atoms with Crippen LogP contribution in [-0.4, -0.2) is 24.8 Å². The molecule has 0 aliphatic carbocycles. The highest BCUT2D eigenvalue weighted by Crippen LogP contribution is 2.38. The third kappa shape index (κ3) is 2.65. The van der Waals surface area contributed by atoms with Crippen LogP contribution in [0, 0.1) is 18.3 Å². The lowest BCUT2D eigenvalue weighted by molar-refractivity contribution is 0.0967. The number of aliphatic hydroxyl groups is 1. The maximum Gasteiger partial charge on any atom is 0.0481 e. The summed E-state index contributed by atoms with van der Waals surface area (Å²) >= 11 is 6.09. The molecule has 1 aliphatic rings. The summed E-state index contributed by atoms with van der Waals surface area (Å²) in [6.07, 6.45) is 1.10. The fourth-order valence-corrected chi connectivity index (χ4v) is 2.84. The Hall–Kier alpha value is -0.730. The number of nitrogens with zero attached hydrogens (tertiary/aromatic N) is 1. The van der Waals surface area contributed by atoms with E-state index in [0.29, 0.717) is 5.92 Å². The van der Waals surface area contributed by atoms with Crippen LogP contribution < -0.4 is 4.90 Å². The Bertz CT molecular complexity index is 431. The zero-order chi connectivity index (χ0) is 13.3. The summed E-state index contributed by atoms with van der Waals surface area (Å²) < 4.78 is 0. The SMILES string of the molecule is Cc1ccc(Cl)cc1N1CCC(C)(C)C(CO)C1. The van der Waals surface area contributed by atoms with Crippen molar-refractivity contribution in [1.82, 2.24) is 0 Å². The topological polar surface area (TPSA) is 23.5 Å². The molecule has 0 aromatic heterocycles. The zero-order valence-corrected chi connectivity index (χ0v) is 12.2. The van der Waals surface area contributed by atoms with E-state index < -0.39 is 0 Å². The van der Waals surface area contributed by atoms with Gasteiger partial charge in [-0.15, -0.1) is 0 Å². The molecule has 0 saturated carbocycles. The van der Waals surface area contributed by atoms with Gasteiger partial charge in [0, 0.05) is 36.3 Å². The fraction of sp³-hybridized carbons (Fsp3) is 0.600. The summed E-state index contributed by atoms with van der Waals surface area (Å²) in [6, 6.07) is 6.02. The van der Waals surface area contributed by atoms with E-state index in [-0.39, 0.29) is 12.0 Å². The number of aryl methyl sites for hydroxylation is 1. The van der Waals surface area contributed by atoms with Crippen molar-refractivity contribution in [3.63, 3.8) is 0 Å². The van der Waals surface area contributed by atoms with E-state index in [4.69, 9.17) is 11.6 Å². The van der Waals surface area contributed by atoms with Crippen LogP contribution in [0.1, 0.15) is 25.8 Å². The number of rotatable bonds is 2. The van der Waals surface area contributed by atoms with Crippen LogP contribution in [0.5, 0.6) is 0 Å². The van der Waals surface area contributed by atoms with Gasteiger partial charge in [0.25, 0.3) is 0 Å². The fourth-order valence-electron chi connectivity index (χ4n) is 2.68. The van der Waals surface area contributed by atoms with Gasteiger partial charge in [0.2, 0.25) is 0 Å². The predicted octanol–water partition coefficient (Wildman–Crippen LogP) is 3.49. The summed E-state index contributed by atoms with van der Waals surface area (Å²) in [6.45, 7) is 8.80. The van der Waals surface area contributed by atoms with E-state index in [1.165, 1.54) is 11.3 Å². The van der Waals surface area contributed by atoms with Crippen molar-refractivity contribution >= 4 is 17.3 Å². The van der Waals surface area contributed by atoms with Crippen molar-refractivity contribution in [2.75, 3.05) is 24.6 Å². The Labute approximate surface area is 115 Å². The van der Waals surface area contributed by atoms with E-state index in [0.717, 1.165) is 24.5 Å². The molecule has 1 heterocycles. The van der Waals surface area contributed by atoms with Crippen LogP contribution in [0.3, 0.4) is 0 Å². The first-order valence-electron chi connectivity index (χ1n) is 6.56. The van der Waals surface area contributed by atoms with Gasteiger partial charge in [0.05, 0.1) is 0 Å². The van der Waals surface area contributed by atoms with Crippen LogP contribution >= 0.6 is 11.6 Å². The summed E-state index contributed by atoms with van der Waals surface area (Å²) in [5.41, 5.74) is 2.67. The molecule has 1 saturated heterocycles. The van der Waals surface area contributed by atoms with Gasteiger partial charge in [-0.3, -0.25) is 0 Å². The average Bonchev–Trinajstić information content (AvgIpc) is 2.32. The van der Waals surface area contributed by atoms with Crippen molar-refractivity contribution in [3.8, 4) is 0 Å². The first kappa shape index (κ1) is 13.7. The molecule has 18 heavy (non-hydrogen) atoms. The Morgan fingerprint density at radius 2 is 2.17 bits per heavy atom. The Morgan fingerprint density at radius 3 is 2.83 bits per heavy atom. The van der Waals surface area contributed by atoms with E-state index in [2.05, 4.69) is 31.7 Å². The second-order valence-corrected chi connectivity index (χ2v) is 6.43. The first-order chi connectivity index (χ1) is 8.44. The molecule has 0 bridgehead atoms. The van der Waals surface area contributed by atoms with Crippen LogP contribution in [0.15, 0.2) is 18.2 Å². The molecule has 1 unspecified atom stereocenters. The van der Waals surface area contributed by atoms with Gasteiger partial charge in [-0.05, 0) is 36.5 Å². The summed E-state index contributed by atoms with van der Waals surface area (Å²) in [5, 5.41) is 10.3. The van der Waals surface area contributed by atoms with Crippen LogP contribution in [0.4, 0.5) is 5.69 Å². The largest absolute Gasteiger partial charge is 0.396 e. The highest BCUT2D eigenvalue weighted by atomic mass is 35.5. The van der Waals surface area contributed by atoms with Gasteiger partial charge in [0.15, 0.2) is 0 Å². The maximum atomic E-state index is 9.56. The summed E-state index contributed by atoms with van der Waals surface area (Å²) in [4.78, 5) is 2.35. The molecule has 1 N–H and O–H groups in total. The number of benzene rings is 1. The van der Waals surface area contributed by atoms with Gasteiger partial charge in [-0.1, -0.05) is 31.5 Å². The second-order valence-electron chi connectivity index (χ2n) is 5.99. The Balaban J connectivity index is 2.23. The quantitative estimate of drug-likeness (QED) is 0.887. The minimum absolute atomic E-state index is 0.220. The van der Waals surface area contributed by atoms with E-state index in [9.17, 15) is 5.11 Å². The molecule has 1 aromatic carbocycles. The molecule has 0 amide bonds. The number of piperidine rings is 1. The molecule has 0 radical (unpaired) electrons. The molecule has 1 aromatic rings. The molecular formula is C15H22ClNO. The number of anilines is 1. The molecule has 100 valence electrons. The van der Waals surface area contributed by atoms with E-state index in [1.807, 2.05) is 12.1 Å². The number of hydrogen-bond acceptors (Lipinski definition) is 2. The molecule has 2 rings (SSSR count). The third-order valence-electron chi connectivity index (χ3n) is 4.30. The number of hydrogen-bond donors (Lipinski definition) is 1. The van der Waals surface area contributed by atoms with E-state index in [1.54, 1.807) is 0 Å². The minimum atomic E-state index is 0.220. The summed E-state index contributed by atoms with van der Waals surface area (Å²) in [5.74, 6) is 0.324. The first-order valence-corrected chi connectivity index (χ1v) is 6.94. The van der Waals surface area contributed by atoms with Gasteiger partial charge in [-0.2, -0.15) is 0 Å². The molecular weight excluding hydrogens is 246 g/mol. The summed E-state index contributed by atoms with van der Waals surface area (Å²) in [7, 11) is 0. The third-order valence-corrected chi connectivity index (χ3v) is 4.54. The lowest BCUT2D eigenvalue weighted by Crippen LogP contribution is -2.46. The lowest BCUT2D eigenvalue weighted by Gasteiger charge is -2.44. The molecule has 0 spiro atoms. The average molecular weight is 268 g/mol. The van der Waals surface area contributed by atoms with Gasteiger partial charge < -0.3 is 10.0 Å². The standard InChI is InChI=1S/C15H22ClNO/c1-11-4-5-13(16)8-14(11)17-7-6-15(2,3)12(9-17)10-18/h4-5,8,12,18H,6-7,9-10H2,1-3H3. The van der Waals surface area contributed by atoms with Crippen molar-refractivity contribution in [1.29, 1.82) is 0 Å². The Morgan fingerprint density at radius 1 is 1.44 bits per heavy atom. The molecule has 1 atom stereocenters. The Kier molecular flexibility index (Phi) is 3.88. The highest BCUT2D eigenvalue weighted by molar-refractivity contribution is 6.30. The minimum Gasteiger partial charge on any atom is -0.396 e. The van der Waals surface area contributed by atoms with Crippen LogP contribution in [-0.2, 0) is 0 Å². The van der Waals surface area contributed by atoms with Gasteiger partial charge >= 0.3 is 0 Å². The molecule has 2 nitrogen and oxygen atoms in total. The van der Waals surface area contributed by atoms with Gasteiger partial charge in [0.1, 0.15) is 0 Å². The smallest absolute Gasteiger partial charge is 0.0481 e. The van der Waals surface area contributed by atoms with Crippen LogP contribution in [0.2, 0.25) is 5.02 Å². The van der Waals surface area contributed by atoms with Crippen molar-refractivity contribution in [2.24, 2.45) is 11.3 Å². The zero-order valence-electron chi connectivity index (χ0n) is 11.4. The maximum absolute atomic E-state index is 9.56. The number of halogens is 1. The molecule has 3 heteroatoms. The van der Waals surface area contributed by atoms with Crippen molar-refractivity contribution < 1.29 is 5.11 Å². The number of aliphatic hydroxyl groups excluding tert-OH is 1. The van der Waals surface area contributed by atoms with E-state index >= 15 is 0 Å².